The van der Waals surface area contributed by atoms with Gasteiger partial charge in [-0.3, -0.25) is 4.79 Å². The molecule has 1 aromatic heterocycles. The predicted molar refractivity (Wildman–Crippen MR) is 102 cm³/mol. The van der Waals surface area contributed by atoms with Gasteiger partial charge in [0.25, 0.3) is 0 Å². The second-order valence-corrected chi connectivity index (χ2v) is 5.92. The quantitative estimate of drug-likeness (QED) is 0.549. The van der Waals surface area contributed by atoms with Crippen LogP contribution in [0, 0.1) is 0 Å². The molecule has 28 heavy (non-hydrogen) atoms. The van der Waals surface area contributed by atoms with Gasteiger partial charge in [0.15, 0.2) is 17.3 Å². The Balaban J connectivity index is 1.63. The molecule has 7 nitrogen and oxygen atoms in total. The van der Waals surface area contributed by atoms with Crippen molar-refractivity contribution in [3.05, 3.63) is 59.8 Å². The highest BCUT2D eigenvalue weighted by Gasteiger charge is 2.16. The van der Waals surface area contributed by atoms with Crippen LogP contribution in [0.3, 0.4) is 0 Å². The highest BCUT2D eigenvalue weighted by atomic mass is 16.5. The number of nitrogens with zero attached hydrogens (tertiary/aromatic N) is 1. The maximum absolute atomic E-state index is 12.2. The van der Waals surface area contributed by atoms with E-state index in [1.807, 2.05) is 30.3 Å². The number of carbonyl (C=O) groups is 1. The third-order valence-electron chi connectivity index (χ3n) is 4.07. The van der Waals surface area contributed by atoms with Crippen LogP contribution in [0.5, 0.6) is 17.2 Å². The molecule has 7 heteroatoms. The Kier molecular flexibility index (Phi) is 6.16. The lowest BCUT2D eigenvalue weighted by Crippen LogP contribution is -2.09. The van der Waals surface area contributed by atoms with Gasteiger partial charge in [-0.25, -0.2) is 0 Å². The summed E-state index contributed by atoms with van der Waals surface area (Å²) in [6.45, 7) is 0.0274. The van der Waals surface area contributed by atoms with Gasteiger partial charge in [-0.2, -0.15) is 0 Å². The van der Waals surface area contributed by atoms with Gasteiger partial charge < -0.3 is 23.5 Å². The zero-order chi connectivity index (χ0) is 19.9. The van der Waals surface area contributed by atoms with Crippen molar-refractivity contribution in [2.75, 3.05) is 21.3 Å². The van der Waals surface area contributed by atoms with E-state index < -0.39 is 5.97 Å². The zero-order valence-corrected chi connectivity index (χ0v) is 15.9. The molecule has 1 heterocycles. The van der Waals surface area contributed by atoms with E-state index in [-0.39, 0.29) is 13.0 Å². The Morgan fingerprint density at radius 1 is 0.964 bits per heavy atom. The highest BCUT2D eigenvalue weighted by molar-refractivity contribution is 5.73. The largest absolute Gasteiger partial charge is 0.493 e. The second kappa shape index (κ2) is 8.94. The molecule has 0 aliphatic carbocycles. The van der Waals surface area contributed by atoms with E-state index in [1.165, 1.54) is 21.3 Å². The fourth-order valence-corrected chi connectivity index (χ4v) is 2.73. The lowest BCUT2D eigenvalue weighted by molar-refractivity contribution is -0.144. The minimum Gasteiger partial charge on any atom is -0.493 e. The molecule has 3 aromatic rings. The molecule has 0 amide bonds. The molecule has 0 bridgehead atoms. The van der Waals surface area contributed by atoms with Gasteiger partial charge in [-0.15, -0.1) is 0 Å². The van der Waals surface area contributed by atoms with Crippen molar-refractivity contribution in [3.8, 4) is 28.6 Å². The van der Waals surface area contributed by atoms with Gasteiger partial charge in [-0.1, -0.05) is 35.5 Å². The molecular formula is C21H21NO6. The van der Waals surface area contributed by atoms with E-state index in [2.05, 4.69) is 5.16 Å². The van der Waals surface area contributed by atoms with Crippen LogP contribution >= 0.6 is 0 Å². The van der Waals surface area contributed by atoms with Crippen molar-refractivity contribution >= 4 is 5.97 Å². The van der Waals surface area contributed by atoms with Gasteiger partial charge in [-0.05, 0) is 17.7 Å². The molecule has 0 radical (unpaired) electrons. The van der Waals surface area contributed by atoms with E-state index in [0.717, 1.165) is 5.56 Å². The topological polar surface area (TPSA) is 80.0 Å². The van der Waals surface area contributed by atoms with Crippen LogP contribution < -0.4 is 14.2 Å². The average Bonchev–Trinajstić information content (AvgIpc) is 3.21. The lowest BCUT2D eigenvalue weighted by atomic mass is 10.1. The number of hydrogen-bond donors (Lipinski definition) is 0. The Labute approximate surface area is 162 Å². The summed E-state index contributed by atoms with van der Waals surface area (Å²) >= 11 is 0. The lowest BCUT2D eigenvalue weighted by Gasteiger charge is -2.13. The SMILES string of the molecule is COc1cc(CC(=O)OCc2cc(-c3ccccc3)on2)cc(OC)c1OC. The van der Waals surface area contributed by atoms with Crippen molar-refractivity contribution in [1.82, 2.24) is 5.16 Å². The van der Waals surface area contributed by atoms with Crippen LogP contribution in [-0.2, 0) is 22.6 Å². The molecule has 0 aliphatic rings. The fourth-order valence-electron chi connectivity index (χ4n) is 2.73. The van der Waals surface area contributed by atoms with Gasteiger partial charge in [0.2, 0.25) is 5.75 Å². The zero-order valence-electron chi connectivity index (χ0n) is 15.9. The maximum atomic E-state index is 12.2. The number of ether oxygens (including phenoxy) is 4. The second-order valence-electron chi connectivity index (χ2n) is 5.92. The van der Waals surface area contributed by atoms with Crippen LogP contribution in [-0.4, -0.2) is 32.5 Å². The third-order valence-corrected chi connectivity index (χ3v) is 4.07. The summed E-state index contributed by atoms with van der Waals surface area (Å²) in [6.07, 6.45) is 0.0557. The van der Waals surface area contributed by atoms with Gasteiger partial charge >= 0.3 is 5.97 Å². The molecule has 0 spiro atoms. The molecule has 0 fully saturated rings. The Bertz CT molecular complexity index is 910. The first-order chi connectivity index (χ1) is 13.6. The first kappa shape index (κ1) is 19.3. The predicted octanol–water partition coefficient (Wildman–Crippen LogP) is 3.65. The van der Waals surface area contributed by atoms with Crippen LogP contribution in [0.2, 0.25) is 0 Å². The first-order valence-electron chi connectivity index (χ1n) is 8.60. The molecule has 0 unspecified atom stereocenters. The van der Waals surface area contributed by atoms with E-state index >= 15 is 0 Å². The Hall–Kier alpha value is -3.48. The van der Waals surface area contributed by atoms with Crippen molar-refractivity contribution in [2.45, 2.75) is 13.0 Å². The third kappa shape index (κ3) is 4.43. The van der Waals surface area contributed by atoms with Crippen LogP contribution in [0.15, 0.2) is 53.1 Å². The van der Waals surface area contributed by atoms with E-state index in [1.54, 1.807) is 18.2 Å². The summed E-state index contributed by atoms with van der Waals surface area (Å²) in [5, 5.41) is 3.94. The number of carbonyl (C=O) groups excluding carboxylic acids is 1. The van der Waals surface area contributed by atoms with Crippen LogP contribution in [0.4, 0.5) is 0 Å². The summed E-state index contributed by atoms with van der Waals surface area (Å²) in [5.74, 6) is 1.65. The van der Waals surface area contributed by atoms with Gasteiger partial charge in [0.05, 0.1) is 27.8 Å². The highest BCUT2D eigenvalue weighted by Crippen LogP contribution is 2.38. The number of hydrogen-bond acceptors (Lipinski definition) is 7. The van der Waals surface area contributed by atoms with Gasteiger partial charge in [0, 0.05) is 11.6 Å². The summed E-state index contributed by atoms with van der Waals surface area (Å²) in [7, 11) is 4.57. The van der Waals surface area contributed by atoms with E-state index in [4.69, 9.17) is 23.5 Å². The number of aromatic nitrogens is 1. The molecule has 0 saturated carbocycles. The molecule has 3 rings (SSSR count). The monoisotopic (exact) mass is 383 g/mol. The molecule has 0 aliphatic heterocycles. The molecular weight excluding hydrogens is 362 g/mol. The standard InChI is InChI=1S/C21H21NO6/c1-24-18-9-14(10-19(25-2)21(18)26-3)11-20(23)27-13-16-12-17(28-22-16)15-7-5-4-6-8-15/h4-10,12H,11,13H2,1-3H3. The fraction of sp³-hybridized carbons (Fsp3) is 0.238. The summed E-state index contributed by atoms with van der Waals surface area (Å²) in [4.78, 5) is 12.2. The molecule has 0 N–H and O–H groups in total. The minimum atomic E-state index is -0.404. The molecule has 0 atom stereocenters. The van der Waals surface area contributed by atoms with Crippen molar-refractivity contribution in [2.24, 2.45) is 0 Å². The van der Waals surface area contributed by atoms with Crippen LogP contribution in [0.1, 0.15) is 11.3 Å². The molecule has 2 aromatic carbocycles. The van der Waals surface area contributed by atoms with E-state index in [0.29, 0.717) is 34.3 Å². The van der Waals surface area contributed by atoms with Crippen LogP contribution in [0.25, 0.3) is 11.3 Å². The van der Waals surface area contributed by atoms with Gasteiger partial charge in [0.1, 0.15) is 12.3 Å². The number of rotatable bonds is 8. The maximum Gasteiger partial charge on any atom is 0.310 e. The number of methoxy groups -OCH3 is 3. The number of benzene rings is 2. The molecule has 146 valence electrons. The normalized spacial score (nSPS) is 10.4. The number of esters is 1. The summed E-state index contributed by atoms with van der Waals surface area (Å²) < 4.78 is 26.5. The summed E-state index contributed by atoms with van der Waals surface area (Å²) in [5.41, 5.74) is 2.13. The minimum absolute atomic E-state index is 0.0274. The Morgan fingerprint density at radius 2 is 1.64 bits per heavy atom. The summed E-state index contributed by atoms with van der Waals surface area (Å²) in [6, 6.07) is 14.8. The van der Waals surface area contributed by atoms with Crippen molar-refractivity contribution in [3.63, 3.8) is 0 Å². The van der Waals surface area contributed by atoms with Crippen molar-refractivity contribution in [1.29, 1.82) is 0 Å². The first-order valence-corrected chi connectivity index (χ1v) is 8.60. The Morgan fingerprint density at radius 3 is 2.25 bits per heavy atom. The smallest absolute Gasteiger partial charge is 0.310 e. The van der Waals surface area contributed by atoms with E-state index in [9.17, 15) is 4.79 Å². The molecule has 0 saturated heterocycles. The average molecular weight is 383 g/mol. The van der Waals surface area contributed by atoms with Crippen molar-refractivity contribution < 1.29 is 28.3 Å².